The summed E-state index contributed by atoms with van der Waals surface area (Å²) in [6.07, 6.45) is 1.71. The highest BCUT2D eigenvalue weighted by Gasteiger charge is 2.14. The average Bonchev–Trinajstić information content (AvgIpc) is 2.73. The molecule has 2 aromatic heterocycles. The van der Waals surface area contributed by atoms with Gasteiger partial charge in [0.05, 0.1) is 12.3 Å². The summed E-state index contributed by atoms with van der Waals surface area (Å²) in [6.45, 7) is 1.92. The van der Waals surface area contributed by atoms with Crippen LogP contribution in [-0.2, 0) is 0 Å². The van der Waals surface area contributed by atoms with Crippen LogP contribution < -0.4 is 5.73 Å². The quantitative estimate of drug-likeness (QED) is 0.909. The Bertz CT molecular complexity index is 435. The van der Waals surface area contributed by atoms with Crippen molar-refractivity contribution in [3.8, 4) is 0 Å². The van der Waals surface area contributed by atoms with E-state index in [2.05, 4.69) is 21.3 Å². The van der Waals surface area contributed by atoms with Crippen LogP contribution in [0.5, 0.6) is 0 Å². The number of aryl methyl sites for hydroxylation is 1. The number of halogens is 1. The summed E-state index contributed by atoms with van der Waals surface area (Å²) in [7, 11) is 0. The Labute approximate surface area is 94.9 Å². The molecule has 1 unspecified atom stereocenters. The average molecular weight is 272 g/mol. The molecule has 2 nitrogen and oxygen atoms in total. The van der Waals surface area contributed by atoms with E-state index < -0.39 is 0 Å². The first-order valence-corrected chi connectivity index (χ1v) is 5.94. The maximum absolute atomic E-state index is 6.09. The normalized spacial score (nSPS) is 13.1. The minimum atomic E-state index is -0.104. The maximum Gasteiger partial charge on any atom is 0.101 e. The van der Waals surface area contributed by atoms with Gasteiger partial charge in [-0.1, -0.05) is 0 Å². The van der Waals surface area contributed by atoms with E-state index in [1.807, 2.05) is 18.4 Å². The highest BCUT2D eigenvalue weighted by molar-refractivity contribution is 9.10. The van der Waals surface area contributed by atoms with Gasteiger partial charge in [0.15, 0.2) is 0 Å². The van der Waals surface area contributed by atoms with Gasteiger partial charge in [-0.2, -0.15) is 11.3 Å². The van der Waals surface area contributed by atoms with Gasteiger partial charge in [-0.05, 0) is 39.9 Å². The molecule has 0 saturated heterocycles. The van der Waals surface area contributed by atoms with Crippen molar-refractivity contribution in [3.05, 3.63) is 44.4 Å². The second kappa shape index (κ2) is 3.88. The molecule has 2 aromatic rings. The minimum absolute atomic E-state index is 0.104. The second-order valence-electron chi connectivity index (χ2n) is 3.14. The Morgan fingerprint density at radius 2 is 2.29 bits per heavy atom. The molecule has 0 fully saturated rings. The molecule has 14 heavy (non-hydrogen) atoms. The molecule has 0 aliphatic heterocycles. The fourth-order valence-electron chi connectivity index (χ4n) is 1.32. The first-order chi connectivity index (χ1) is 6.68. The third kappa shape index (κ3) is 1.78. The van der Waals surface area contributed by atoms with Crippen LogP contribution in [0.2, 0.25) is 0 Å². The number of nitrogens with two attached hydrogens (primary N) is 1. The van der Waals surface area contributed by atoms with E-state index in [1.165, 1.54) is 0 Å². The number of rotatable bonds is 2. The summed E-state index contributed by atoms with van der Waals surface area (Å²) >= 11 is 5.11. The fourth-order valence-corrected chi connectivity index (χ4v) is 2.90. The molecule has 0 aliphatic rings. The number of furan rings is 1. The van der Waals surface area contributed by atoms with Crippen molar-refractivity contribution in [2.75, 3.05) is 0 Å². The lowest BCUT2D eigenvalue weighted by Crippen LogP contribution is -2.10. The van der Waals surface area contributed by atoms with Gasteiger partial charge < -0.3 is 10.2 Å². The van der Waals surface area contributed by atoms with Crippen molar-refractivity contribution >= 4 is 27.3 Å². The van der Waals surface area contributed by atoms with Crippen LogP contribution >= 0.6 is 27.3 Å². The van der Waals surface area contributed by atoms with E-state index in [0.29, 0.717) is 0 Å². The molecular weight excluding hydrogens is 262 g/mol. The minimum Gasteiger partial charge on any atom is -0.469 e. The van der Waals surface area contributed by atoms with Gasteiger partial charge in [-0.25, -0.2) is 0 Å². The summed E-state index contributed by atoms with van der Waals surface area (Å²) < 4.78 is 6.30. The molecule has 4 heteroatoms. The molecule has 2 N–H and O–H groups in total. The molecule has 0 aliphatic carbocycles. The Morgan fingerprint density at radius 1 is 1.50 bits per heavy atom. The summed E-state index contributed by atoms with van der Waals surface area (Å²) in [6, 6.07) is 1.86. The Balaban J connectivity index is 2.33. The summed E-state index contributed by atoms with van der Waals surface area (Å²) in [5.41, 5.74) is 8.21. The number of thiophene rings is 1. The van der Waals surface area contributed by atoms with Crippen LogP contribution in [0.15, 0.2) is 32.0 Å². The number of hydrogen-bond acceptors (Lipinski definition) is 3. The molecule has 0 amide bonds. The highest BCUT2D eigenvalue weighted by Crippen LogP contribution is 2.30. The molecule has 0 radical (unpaired) electrons. The van der Waals surface area contributed by atoms with Crippen molar-refractivity contribution in [2.45, 2.75) is 13.0 Å². The highest BCUT2D eigenvalue weighted by atomic mass is 79.9. The summed E-state index contributed by atoms with van der Waals surface area (Å²) in [5.74, 6) is 0.891. The first-order valence-electron chi connectivity index (χ1n) is 4.20. The lowest BCUT2D eigenvalue weighted by atomic mass is 10.1. The Morgan fingerprint density at radius 3 is 2.79 bits per heavy atom. The predicted octanol–water partition coefficient (Wildman–Crippen LogP) is 3.46. The monoisotopic (exact) mass is 271 g/mol. The zero-order valence-corrected chi connectivity index (χ0v) is 10.1. The van der Waals surface area contributed by atoms with Crippen molar-refractivity contribution in [1.82, 2.24) is 0 Å². The van der Waals surface area contributed by atoms with Crippen molar-refractivity contribution in [1.29, 1.82) is 0 Å². The lowest BCUT2D eigenvalue weighted by Gasteiger charge is -2.07. The standard InChI is InChI=1S/C10H10BrNOS/c1-6-2-7(3-13-6)10(12)8-4-14-5-9(8)11/h2-5,10H,12H2,1H3. The van der Waals surface area contributed by atoms with Gasteiger partial charge in [0.2, 0.25) is 0 Å². The third-order valence-corrected chi connectivity index (χ3v) is 3.84. The van der Waals surface area contributed by atoms with E-state index in [0.717, 1.165) is 21.4 Å². The van der Waals surface area contributed by atoms with Crippen LogP contribution in [-0.4, -0.2) is 0 Å². The third-order valence-electron chi connectivity index (χ3n) is 2.09. The largest absolute Gasteiger partial charge is 0.469 e. The smallest absolute Gasteiger partial charge is 0.101 e. The first kappa shape index (κ1) is 9.96. The van der Waals surface area contributed by atoms with Crippen molar-refractivity contribution in [3.63, 3.8) is 0 Å². The van der Waals surface area contributed by atoms with Gasteiger partial charge in [-0.15, -0.1) is 0 Å². The zero-order chi connectivity index (χ0) is 10.1. The van der Waals surface area contributed by atoms with Crippen LogP contribution in [0.1, 0.15) is 22.9 Å². The van der Waals surface area contributed by atoms with Crippen LogP contribution in [0, 0.1) is 6.92 Å². The molecule has 0 spiro atoms. The topological polar surface area (TPSA) is 39.2 Å². The second-order valence-corrected chi connectivity index (χ2v) is 4.74. The van der Waals surface area contributed by atoms with Gasteiger partial charge in [0.25, 0.3) is 0 Å². The Kier molecular flexibility index (Phi) is 2.76. The maximum atomic E-state index is 6.09. The zero-order valence-electron chi connectivity index (χ0n) is 7.66. The van der Waals surface area contributed by atoms with E-state index in [4.69, 9.17) is 10.2 Å². The SMILES string of the molecule is Cc1cc(C(N)c2cscc2Br)co1. The van der Waals surface area contributed by atoms with Crippen LogP contribution in [0.3, 0.4) is 0 Å². The fraction of sp³-hybridized carbons (Fsp3) is 0.200. The van der Waals surface area contributed by atoms with Crippen LogP contribution in [0.4, 0.5) is 0 Å². The van der Waals surface area contributed by atoms with Gasteiger partial charge in [0, 0.05) is 15.4 Å². The van der Waals surface area contributed by atoms with E-state index >= 15 is 0 Å². The van der Waals surface area contributed by atoms with Gasteiger partial charge >= 0.3 is 0 Å². The molecule has 2 heterocycles. The molecule has 1 atom stereocenters. The lowest BCUT2D eigenvalue weighted by molar-refractivity contribution is 0.530. The van der Waals surface area contributed by atoms with Crippen molar-refractivity contribution in [2.24, 2.45) is 5.73 Å². The summed E-state index contributed by atoms with van der Waals surface area (Å²) in [4.78, 5) is 0. The van der Waals surface area contributed by atoms with E-state index in [-0.39, 0.29) is 6.04 Å². The molecule has 2 rings (SSSR count). The molecule has 0 aromatic carbocycles. The molecule has 0 saturated carbocycles. The number of hydrogen-bond donors (Lipinski definition) is 1. The predicted molar refractivity (Wildman–Crippen MR) is 61.5 cm³/mol. The van der Waals surface area contributed by atoms with Gasteiger partial charge in [0.1, 0.15) is 5.76 Å². The summed E-state index contributed by atoms with van der Waals surface area (Å²) in [5, 5.41) is 4.08. The van der Waals surface area contributed by atoms with Crippen molar-refractivity contribution < 1.29 is 4.42 Å². The molecular formula is C10H10BrNOS. The molecule has 74 valence electrons. The molecule has 0 bridgehead atoms. The van der Waals surface area contributed by atoms with Gasteiger partial charge in [-0.3, -0.25) is 0 Å². The van der Waals surface area contributed by atoms with Crippen LogP contribution in [0.25, 0.3) is 0 Å². The van der Waals surface area contributed by atoms with E-state index in [1.54, 1.807) is 17.6 Å². The Hall–Kier alpha value is -0.580. The van der Waals surface area contributed by atoms with E-state index in [9.17, 15) is 0 Å².